The molecule has 2 rings (SSSR count). The summed E-state index contributed by atoms with van der Waals surface area (Å²) in [6.07, 6.45) is 1.02. The van der Waals surface area contributed by atoms with E-state index in [1.807, 2.05) is 0 Å². The number of benzene rings is 1. The summed E-state index contributed by atoms with van der Waals surface area (Å²) in [5.41, 5.74) is -0.531. The topological polar surface area (TPSA) is 51.2 Å². The van der Waals surface area contributed by atoms with Crippen LogP contribution in [0.2, 0.25) is 0 Å². The van der Waals surface area contributed by atoms with Crippen molar-refractivity contribution < 1.29 is 22.7 Å². The van der Waals surface area contributed by atoms with Crippen LogP contribution in [0.4, 0.5) is 18.9 Å². The number of nitrogens with zero attached hydrogens (tertiary/aromatic N) is 1. The lowest BCUT2D eigenvalue weighted by Gasteiger charge is -2.12. The Balaban J connectivity index is 2.80. The molecule has 1 heterocycles. The van der Waals surface area contributed by atoms with Crippen LogP contribution in [0.25, 0.3) is 10.9 Å². The van der Waals surface area contributed by atoms with Gasteiger partial charge in [0.25, 0.3) is 0 Å². The van der Waals surface area contributed by atoms with Crippen molar-refractivity contribution >= 4 is 22.6 Å². The summed E-state index contributed by atoms with van der Waals surface area (Å²) in [5, 5.41) is 2.30. The first-order valence-corrected chi connectivity index (χ1v) is 5.82. The summed E-state index contributed by atoms with van der Waals surface area (Å²) in [5.74, 6) is -4.35. The third-order valence-corrected chi connectivity index (χ3v) is 2.73. The summed E-state index contributed by atoms with van der Waals surface area (Å²) in [6.45, 7) is 1.74. The van der Waals surface area contributed by atoms with Crippen molar-refractivity contribution in [2.45, 2.75) is 6.92 Å². The molecule has 106 valence electrons. The minimum Gasteiger partial charge on any atom is -0.462 e. The zero-order valence-electron chi connectivity index (χ0n) is 10.8. The lowest BCUT2D eigenvalue weighted by molar-refractivity contribution is 0.0527. The first-order valence-electron chi connectivity index (χ1n) is 5.82. The zero-order chi connectivity index (χ0) is 14.9. The molecule has 1 N–H and O–H groups in total. The fourth-order valence-corrected chi connectivity index (χ4v) is 1.89. The molecule has 0 aliphatic rings. The van der Waals surface area contributed by atoms with E-state index >= 15 is 0 Å². The van der Waals surface area contributed by atoms with Gasteiger partial charge in [0.1, 0.15) is 16.9 Å². The number of rotatable bonds is 3. The highest BCUT2D eigenvalue weighted by Gasteiger charge is 2.22. The lowest BCUT2D eigenvalue weighted by atomic mass is 10.1. The second-order valence-electron chi connectivity index (χ2n) is 3.90. The van der Waals surface area contributed by atoms with Gasteiger partial charge in [0.05, 0.1) is 17.7 Å². The molecule has 0 aliphatic carbocycles. The van der Waals surface area contributed by atoms with Gasteiger partial charge in [0.15, 0.2) is 11.6 Å². The highest BCUT2D eigenvalue weighted by molar-refractivity contribution is 6.05. The molecule has 0 saturated heterocycles. The standard InChI is InChI=1S/C13H11F3N2O2/c1-3-20-13(19)6-5-18-12-9(11(6)17-2)7(14)4-8(15)10(12)16/h4-5H,3H2,1-2H3,(H,17,18). The van der Waals surface area contributed by atoms with Crippen molar-refractivity contribution in [2.75, 3.05) is 19.0 Å². The van der Waals surface area contributed by atoms with Gasteiger partial charge < -0.3 is 10.1 Å². The van der Waals surface area contributed by atoms with Crippen LogP contribution in [0, 0.1) is 17.5 Å². The molecule has 0 atom stereocenters. The van der Waals surface area contributed by atoms with E-state index in [2.05, 4.69) is 10.3 Å². The first-order chi connectivity index (χ1) is 9.51. The number of aromatic nitrogens is 1. The number of carbonyl (C=O) groups excluding carboxylic acids is 1. The first kappa shape index (κ1) is 14.1. The molecular formula is C13H11F3N2O2. The third-order valence-electron chi connectivity index (χ3n) is 2.73. The van der Waals surface area contributed by atoms with Gasteiger partial charge >= 0.3 is 5.97 Å². The fourth-order valence-electron chi connectivity index (χ4n) is 1.89. The number of nitrogens with one attached hydrogen (secondary N) is 1. The van der Waals surface area contributed by atoms with Gasteiger partial charge in [-0.3, -0.25) is 4.98 Å². The second-order valence-corrected chi connectivity index (χ2v) is 3.90. The van der Waals surface area contributed by atoms with Gasteiger partial charge in [-0.1, -0.05) is 0 Å². The van der Waals surface area contributed by atoms with E-state index in [1.165, 1.54) is 7.05 Å². The number of hydrogen-bond acceptors (Lipinski definition) is 4. The molecule has 2 aromatic rings. The van der Waals surface area contributed by atoms with E-state index in [0.29, 0.717) is 6.07 Å². The largest absolute Gasteiger partial charge is 0.462 e. The molecule has 0 spiro atoms. The molecule has 0 aliphatic heterocycles. The summed E-state index contributed by atoms with van der Waals surface area (Å²) in [6, 6.07) is 0.412. The van der Waals surface area contributed by atoms with E-state index < -0.39 is 28.9 Å². The van der Waals surface area contributed by atoms with E-state index in [0.717, 1.165) is 6.20 Å². The van der Waals surface area contributed by atoms with Crippen LogP contribution in [0.3, 0.4) is 0 Å². The Kier molecular flexibility index (Phi) is 3.78. The Labute approximate surface area is 112 Å². The average molecular weight is 284 g/mol. The number of ether oxygens (including phenoxy) is 1. The number of carbonyl (C=O) groups is 1. The molecule has 0 bridgehead atoms. The quantitative estimate of drug-likeness (QED) is 0.695. The molecule has 0 radical (unpaired) electrons. The summed E-state index contributed by atoms with van der Waals surface area (Å²) >= 11 is 0. The Morgan fingerprint density at radius 3 is 2.65 bits per heavy atom. The van der Waals surface area contributed by atoms with Crippen LogP contribution < -0.4 is 5.32 Å². The Bertz CT molecular complexity index is 689. The highest BCUT2D eigenvalue weighted by atomic mass is 19.2. The van der Waals surface area contributed by atoms with Crippen LogP contribution in [0.1, 0.15) is 17.3 Å². The van der Waals surface area contributed by atoms with Crippen molar-refractivity contribution in [3.63, 3.8) is 0 Å². The Morgan fingerprint density at radius 2 is 2.05 bits per heavy atom. The smallest absolute Gasteiger partial charge is 0.341 e. The van der Waals surface area contributed by atoms with Crippen molar-refractivity contribution in [1.29, 1.82) is 0 Å². The van der Waals surface area contributed by atoms with Gasteiger partial charge in [-0.25, -0.2) is 18.0 Å². The molecule has 0 fully saturated rings. The summed E-state index contributed by atoms with van der Waals surface area (Å²) in [7, 11) is 1.43. The molecule has 1 aromatic heterocycles. The van der Waals surface area contributed by atoms with Gasteiger partial charge in [0.2, 0.25) is 0 Å². The van der Waals surface area contributed by atoms with Crippen molar-refractivity contribution in [1.82, 2.24) is 4.98 Å². The predicted octanol–water partition coefficient (Wildman–Crippen LogP) is 2.87. The minimum absolute atomic E-state index is 0.00449. The van der Waals surface area contributed by atoms with Crippen molar-refractivity contribution in [3.05, 3.63) is 35.3 Å². The van der Waals surface area contributed by atoms with Gasteiger partial charge in [-0.15, -0.1) is 0 Å². The molecule has 0 saturated carbocycles. The fraction of sp³-hybridized carbons (Fsp3) is 0.231. The summed E-state index contributed by atoms with van der Waals surface area (Å²) in [4.78, 5) is 15.4. The maximum atomic E-state index is 13.9. The SMILES string of the molecule is CCOC(=O)c1cnc2c(F)c(F)cc(F)c2c1NC. The normalized spacial score (nSPS) is 10.7. The van der Waals surface area contributed by atoms with Crippen molar-refractivity contribution in [3.8, 4) is 0 Å². The number of anilines is 1. The molecule has 20 heavy (non-hydrogen) atoms. The predicted molar refractivity (Wildman–Crippen MR) is 67.1 cm³/mol. The third kappa shape index (κ3) is 2.15. The lowest BCUT2D eigenvalue weighted by Crippen LogP contribution is -2.10. The Hall–Kier alpha value is -2.31. The number of pyridine rings is 1. The molecular weight excluding hydrogens is 273 g/mol. The van der Waals surface area contributed by atoms with E-state index in [-0.39, 0.29) is 23.2 Å². The van der Waals surface area contributed by atoms with E-state index in [1.54, 1.807) is 6.92 Å². The van der Waals surface area contributed by atoms with Crippen LogP contribution in [0.15, 0.2) is 12.3 Å². The van der Waals surface area contributed by atoms with E-state index in [9.17, 15) is 18.0 Å². The van der Waals surface area contributed by atoms with Gasteiger partial charge in [-0.05, 0) is 6.92 Å². The van der Waals surface area contributed by atoms with Gasteiger partial charge in [0, 0.05) is 19.3 Å². The molecule has 0 unspecified atom stereocenters. The second kappa shape index (κ2) is 5.36. The van der Waals surface area contributed by atoms with Crippen LogP contribution >= 0.6 is 0 Å². The molecule has 1 aromatic carbocycles. The van der Waals surface area contributed by atoms with E-state index in [4.69, 9.17) is 4.74 Å². The molecule has 0 amide bonds. The maximum absolute atomic E-state index is 13.9. The Morgan fingerprint density at radius 1 is 1.35 bits per heavy atom. The number of hydrogen-bond donors (Lipinski definition) is 1. The van der Waals surface area contributed by atoms with Crippen LogP contribution in [-0.4, -0.2) is 24.6 Å². The number of halogens is 3. The van der Waals surface area contributed by atoms with Gasteiger partial charge in [-0.2, -0.15) is 0 Å². The number of fused-ring (bicyclic) bond motifs is 1. The highest BCUT2D eigenvalue weighted by Crippen LogP contribution is 2.31. The van der Waals surface area contributed by atoms with Crippen molar-refractivity contribution in [2.24, 2.45) is 0 Å². The number of esters is 1. The summed E-state index contributed by atoms with van der Waals surface area (Å²) < 4.78 is 45.5. The average Bonchev–Trinajstić information content (AvgIpc) is 2.43. The molecule has 4 nitrogen and oxygen atoms in total. The minimum atomic E-state index is -1.34. The van der Waals surface area contributed by atoms with Crippen LogP contribution in [-0.2, 0) is 4.74 Å². The monoisotopic (exact) mass is 284 g/mol. The maximum Gasteiger partial charge on any atom is 0.341 e. The molecule has 7 heteroatoms. The zero-order valence-corrected chi connectivity index (χ0v) is 10.8. The van der Waals surface area contributed by atoms with Crippen LogP contribution in [0.5, 0.6) is 0 Å².